The fourth-order valence-corrected chi connectivity index (χ4v) is 2.15. The van der Waals surface area contributed by atoms with Crippen LogP contribution in [0.3, 0.4) is 0 Å². The summed E-state index contributed by atoms with van der Waals surface area (Å²) in [5.41, 5.74) is 6.84. The minimum atomic E-state index is -0.394. The molecular formula is C13H17N3O2. The SMILES string of the molecule is CCCn1c(=O)n(CCC(N)=O)c2ccccc21. The zero-order valence-electron chi connectivity index (χ0n) is 10.4. The second-order valence-corrected chi connectivity index (χ2v) is 4.29. The molecule has 1 heterocycles. The lowest BCUT2D eigenvalue weighted by molar-refractivity contribution is -0.118. The van der Waals surface area contributed by atoms with Crippen LogP contribution >= 0.6 is 0 Å². The van der Waals surface area contributed by atoms with Gasteiger partial charge in [0, 0.05) is 19.5 Å². The second-order valence-electron chi connectivity index (χ2n) is 4.29. The number of nitrogens with two attached hydrogens (primary N) is 1. The molecular weight excluding hydrogens is 230 g/mol. The molecule has 0 bridgehead atoms. The van der Waals surface area contributed by atoms with Gasteiger partial charge in [0.15, 0.2) is 0 Å². The molecule has 0 saturated heterocycles. The maximum atomic E-state index is 12.3. The van der Waals surface area contributed by atoms with E-state index in [0.29, 0.717) is 13.1 Å². The molecule has 0 radical (unpaired) electrons. The van der Waals surface area contributed by atoms with Crippen LogP contribution in [-0.2, 0) is 17.9 Å². The van der Waals surface area contributed by atoms with Gasteiger partial charge in [-0.05, 0) is 18.6 Å². The third-order valence-electron chi connectivity index (χ3n) is 2.95. The van der Waals surface area contributed by atoms with Gasteiger partial charge in [0.2, 0.25) is 5.91 Å². The van der Waals surface area contributed by atoms with Gasteiger partial charge in [-0.1, -0.05) is 19.1 Å². The number of amides is 1. The predicted octanol–water partition coefficient (Wildman–Crippen LogP) is 1.09. The first kappa shape index (κ1) is 12.4. The highest BCUT2D eigenvalue weighted by Crippen LogP contribution is 2.13. The zero-order chi connectivity index (χ0) is 13.1. The average molecular weight is 247 g/mol. The van der Waals surface area contributed by atoms with Gasteiger partial charge in [-0.3, -0.25) is 13.9 Å². The number of fused-ring (bicyclic) bond motifs is 1. The number of imidazole rings is 1. The van der Waals surface area contributed by atoms with E-state index in [1.54, 1.807) is 9.13 Å². The minimum Gasteiger partial charge on any atom is -0.370 e. The smallest absolute Gasteiger partial charge is 0.329 e. The first-order valence-corrected chi connectivity index (χ1v) is 6.11. The van der Waals surface area contributed by atoms with Gasteiger partial charge >= 0.3 is 5.69 Å². The van der Waals surface area contributed by atoms with E-state index in [2.05, 4.69) is 0 Å². The van der Waals surface area contributed by atoms with Gasteiger partial charge in [-0.15, -0.1) is 0 Å². The molecule has 0 unspecified atom stereocenters. The lowest BCUT2D eigenvalue weighted by Gasteiger charge is -2.00. The molecule has 5 nitrogen and oxygen atoms in total. The summed E-state index contributed by atoms with van der Waals surface area (Å²) in [4.78, 5) is 23.1. The molecule has 2 N–H and O–H groups in total. The molecule has 1 aromatic carbocycles. The normalized spacial score (nSPS) is 10.9. The van der Waals surface area contributed by atoms with E-state index >= 15 is 0 Å². The molecule has 0 aliphatic heterocycles. The van der Waals surface area contributed by atoms with Crippen LogP contribution in [0.4, 0.5) is 0 Å². The fourth-order valence-electron chi connectivity index (χ4n) is 2.15. The Morgan fingerprint density at radius 1 is 1.17 bits per heavy atom. The third kappa shape index (κ3) is 2.16. The van der Waals surface area contributed by atoms with Crippen molar-refractivity contribution in [2.24, 2.45) is 5.73 Å². The van der Waals surface area contributed by atoms with Crippen molar-refractivity contribution in [3.05, 3.63) is 34.7 Å². The van der Waals surface area contributed by atoms with Crippen molar-refractivity contribution in [3.63, 3.8) is 0 Å². The quantitative estimate of drug-likeness (QED) is 0.859. The Morgan fingerprint density at radius 3 is 2.22 bits per heavy atom. The molecule has 96 valence electrons. The number of para-hydroxylation sites is 2. The predicted molar refractivity (Wildman–Crippen MR) is 70.3 cm³/mol. The number of nitrogens with zero attached hydrogens (tertiary/aromatic N) is 2. The molecule has 0 aliphatic carbocycles. The summed E-state index contributed by atoms with van der Waals surface area (Å²) in [6, 6.07) is 7.61. The van der Waals surface area contributed by atoms with Crippen molar-refractivity contribution in [1.29, 1.82) is 0 Å². The van der Waals surface area contributed by atoms with E-state index in [9.17, 15) is 9.59 Å². The highest BCUT2D eigenvalue weighted by atomic mass is 16.2. The molecule has 2 rings (SSSR count). The molecule has 5 heteroatoms. The Bertz CT molecular complexity index is 625. The summed E-state index contributed by atoms with van der Waals surface area (Å²) in [7, 11) is 0. The van der Waals surface area contributed by atoms with Crippen LogP contribution in [0.1, 0.15) is 19.8 Å². The van der Waals surface area contributed by atoms with Gasteiger partial charge in [0.1, 0.15) is 0 Å². The summed E-state index contributed by atoms with van der Waals surface area (Å²) >= 11 is 0. The van der Waals surface area contributed by atoms with Crippen LogP contribution < -0.4 is 11.4 Å². The van der Waals surface area contributed by atoms with Crippen molar-refractivity contribution >= 4 is 16.9 Å². The van der Waals surface area contributed by atoms with Crippen LogP contribution in [0.15, 0.2) is 29.1 Å². The number of aryl methyl sites for hydroxylation is 2. The molecule has 0 aliphatic rings. The minimum absolute atomic E-state index is 0.0701. The highest BCUT2D eigenvalue weighted by molar-refractivity contribution is 5.77. The number of hydrogen-bond donors (Lipinski definition) is 1. The standard InChI is InChI=1S/C13H17N3O2/c1-2-8-15-10-5-3-4-6-11(10)16(13(15)18)9-7-12(14)17/h3-6H,2,7-9H2,1H3,(H2,14,17). The van der Waals surface area contributed by atoms with Crippen LogP contribution in [0.2, 0.25) is 0 Å². The van der Waals surface area contributed by atoms with E-state index in [4.69, 9.17) is 5.73 Å². The highest BCUT2D eigenvalue weighted by Gasteiger charge is 2.12. The molecule has 1 amide bonds. The lowest BCUT2D eigenvalue weighted by Crippen LogP contribution is -2.26. The average Bonchev–Trinajstić information content (AvgIpc) is 2.61. The summed E-state index contributed by atoms with van der Waals surface area (Å²) in [5, 5.41) is 0. The first-order chi connectivity index (χ1) is 8.65. The Morgan fingerprint density at radius 2 is 1.72 bits per heavy atom. The van der Waals surface area contributed by atoms with Gasteiger partial charge in [-0.2, -0.15) is 0 Å². The summed E-state index contributed by atoms with van der Waals surface area (Å²) in [5.74, 6) is -0.394. The molecule has 0 atom stereocenters. The number of carbonyl (C=O) groups is 1. The van der Waals surface area contributed by atoms with Crippen molar-refractivity contribution < 1.29 is 4.79 Å². The Labute approximate surface area is 105 Å². The van der Waals surface area contributed by atoms with Crippen molar-refractivity contribution in [1.82, 2.24) is 9.13 Å². The number of primary amides is 1. The Hall–Kier alpha value is -2.04. The molecule has 0 spiro atoms. The van der Waals surface area contributed by atoms with Crippen LogP contribution in [0.5, 0.6) is 0 Å². The van der Waals surface area contributed by atoms with E-state index in [1.165, 1.54) is 0 Å². The number of benzene rings is 1. The number of carbonyl (C=O) groups excluding carboxylic acids is 1. The molecule has 2 aromatic rings. The zero-order valence-corrected chi connectivity index (χ0v) is 10.4. The van der Waals surface area contributed by atoms with E-state index in [0.717, 1.165) is 17.5 Å². The van der Waals surface area contributed by atoms with Crippen LogP contribution in [0, 0.1) is 0 Å². The van der Waals surface area contributed by atoms with Crippen molar-refractivity contribution in [2.75, 3.05) is 0 Å². The monoisotopic (exact) mass is 247 g/mol. The second kappa shape index (κ2) is 5.08. The van der Waals surface area contributed by atoms with Gasteiger partial charge in [0.05, 0.1) is 11.0 Å². The maximum Gasteiger partial charge on any atom is 0.329 e. The number of hydrogen-bond acceptors (Lipinski definition) is 2. The van der Waals surface area contributed by atoms with Crippen LogP contribution in [-0.4, -0.2) is 15.0 Å². The van der Waals surface area contributed by atoms with Crippen molar-refractivity contribution in [3.8, 4) is 0 Å². The molecule has 1 aromatic heterocycles. The van der Waals surface area contributed by atoms with E-state index in [1.807, 2.05) is 31.2 Å². The third-order valence-corrected chi connectivity index (χ3v) is 2.95. The van der Waals surface area contributed by atoms with E-state index < -0.39 is 5.91 Å². The van der Waals surface area contributed by atoms with Crippen molar-refractivity contribution in [2.45, 2.75) is 32.9 Å². The van der Waals surface area contributed by atoms with Crippen LogP contribution in [0.25, 0.3) is 11.0 Å². The van der Waals surface area contributed by atoms with Gasteiger partial charge in [0.25, 0.3) is 0 Å². The largest absolute Gasteiger partial charge is 0.370 e. The number of aromatic nitrogens is 2. The first-order valence-electron chi connectivity index (χ1n) is 6.11. The molecule has 18 heavy (non-hydrogen) atoms. The molecule has 0 fully saturated rings. The molecule has 0 saturated carbocycles. The fraction of sp³-hybridized carbons (Fsp3) is 0.385. The summed E-state index contributed by atoms with van der Waals surface area (Å²) in [6.07, 6.45) is 1.07. The van der Waals surface area contributed by atoms with E-state index in [-0.39, 0.29) is 12.1 Å². The van der Waals surface area contributed by atoms with Gasteiger partial charge in [-0.25, -0.2) is 4.79 Å². The van der Waals surface area contributed by atoms with Gasteiger partial charge < -0.3 is 5.73 Å². The lowest BCUT2D eigenvalue weighted by atomic mass is 10.3. The maximum absolute atomic E-state index is 12.3. The summed E-state index contributed by atoms with van der Waals surface area (Å²) < 4.78 is 3.37. The Kier molecular flexibility index (Phi) is 3.50. The topological polar surface area (TPSA) is 70.0 Å². The Balaban J connectivity index is 2.54. The number of rotatable bonds is 5. The summed E-state index contributed by atoms with van der Waals surface area (Å²) in [6.45, 7) is 3.05.